The van der Waals surface area contributed by atoms with Gasteiger partial charge in [0.2, 0.25) is 10.0 Å². The molecule has 0 amide bonds. The van der Waals surface area contributed by atoms with Crippen LogP contribution in [0.1, 0.15) is 30.7 Å². The molecule has 0 aliphatic heterocycles. The smallest absolute Gasteiger partial charge is 0.244 e. The minimum atomic E-state index is -3.45. The third kappa shape index (κ3) is 3.59. The summed E-state index contributed by atoms with van der Waals surface area (Å²) in [6, 6.07) is 0. The van der Waals surface area contributed by atoms with E-state index in [1.54, 1.807) is 11.6 Å². The van der Waals surface area contributed by atoms with E-state index >= 15 is 0 Å². The number of likely N-dealkylation sites (N-methyl/N-ethyl adjacent to an activating group) is 1. The molecule has 0 saturated heterocycles. The van der Waals surface area contributed by atoms with E-state index in [2.05, 4.69) is 15.1 Å². The maximum atomic E-state index is 12.4. The zero-order valence-corrected chi connectivity index (χ0v) is 13.3. The Hall–Kier alpha value is -0.920. The number of nitrogens with zero attached hydrogens (tertiary/aromatic N) is 2. The topological polar surface area (TPSA) is 76.0 Å². The molecule has 2 N–H and O–H groups in total. The third-order valence-electron chi connectivity index (χ3n) is 3.70. The van der Waals surface area contributed by atoms with Crippen molar-refractivity contribution >= 4 is 10.0 Å². The van der Waals surface area contributed by atoms with Crippen LogP contribution in [0.15, 0.2) is 4.90 Å². The summed E-state index contributed by atoms with van der Waals surface area (Å²) < 4.78 is 29.2. The molecular formula is C13H24N4O2S. The Morgan fingerprint density at radius 3 is 2.60 bits per heavy atom. The first kappa shape index (κ1) is 15.5. The van der Waals surface area contributed by atoms with Crippen LogP contribution in [0.2, 0.25) is 0 Å². The number of aromatic nitrogens is 2. The maximum Gasteiger partial charge on any atom is 0.244 e. The van der Waals surface area contributed by atoms with Crippen LogP contribution in [0.4, 0.5) is 0 Å². The fourth-order valence-electron chi connectivity index (χ4n) is 2.38. The van der Waals surface area contributed by atoms with E-state index in [0.29, 0.717) is 29.4 Å². The fraction of sp³-hybridized carbons (Fsp3) is 0.769. The first-order chi connectivity index (χ1) is 9.45. The van der Waals surface area contributed by atoms with Crippen molar-refractivity contribution in [3.63, 3.8) is 0 Å². The van der Waals surface area contributed by atoms with Crippen LogP contribution < -0.4 is 10.0 Å². The van der Waals surface area contributed by atoms with Gasteiger partial charge in [-0.15, -0.1) is 0 Å². The molecule has 1 aliphatic carbocycles. The van der Waals surface area contributed by atoms with Crippen LogP contribution in [0.3, 0.4) is 0 Å². The lowest BCUT2D eigenvalue weighted by Crippen LogP contribution is -2.26. The molecule has 6 nitrogen and oxygen atoms in total. The van der Waals surface area contributed by atoms with Gasteiger partial charge in [-0.1, -0.05) is 12.8 Å². The highest BCUT2D eigenvalue weighted by atomic mass is 32.2. The van der Waals surface area contributed by atoms with Gasteiger partial charge in [0.15, 0.2) is 0 Å². The third-order valence-corrected chi connectivity index (χ3v) is 5.41. The zero-order chi connectivity index (χ0) is 14.8. The van der Waals surface area contributed by atoms with E-state index in [4.69, 9.17) is 0 Å². The Balaban J connectivity index is 2.10. The molecule has 0 bridgehead atoms. The van der Waals surface area contributed by atoms with Crippen molar-refractivity contribution in [3.8, 4) is 0 Å². The quantitative estimate of drug-likeness (QED) is 0.744. The minimum absolute atomic E-state index is 0.337. The molecule has 114 valence electrons. The average Bonchev–Trinajstić information content (AvgIpc) is 3.13. The average molecular weight is 300 g/mol. The number of nitrogens with one attached hydrogen (secondary N) is 2. The molecule has 1 saturated carbocycles. The lowest BCUT2D eigenvalue weighted by atomic mass is 10.3. The molecule has 20 heavy (non-hydrogen) atoms. The van der Waals surface area contributed by atoms with Gasteiger partial charge in [0, 0.05) is 13.1 Å². The van der Waals surface area contributed by atoms with Gasteiger partial charge in [0.05, 0.1) is 17.9 Å². The van der Waals surface area contributed by atoms with Crippen LogP contribution in [0.5, 0.6) is 0 Å². The summed E-state index contributed by atoms with van der Waals surface area (Å²) in [7, 11) is -1.58. The van der Waals surface area contributed by atoms with Crippen LogP contribution in [0, 0.1) is 19.8 Å². The normalized spacial score (nSPS) is 15.8. The largest absolute Gasteiger partial charge is 0.318 e. The van der Waals surface area contributed by atoms with Crippen molar-refractivity contribution in [2.45, 2.75) is 44.6 Å². The molecule has 1 aromatic rings. The first-order valence-electron chi connectivity index (χ1n) is 7.14. The number of aryl methyl sites for hydroxylation is 1. The molecule has 2 rings (SSSR count). The Morgan fingerprint density at radius 2 is 2.00 bits per heavy atom. The van der Waals surface area contributed by atoms with E-state index in [1.165, 1.54) is 12.8 Å². The molecule has 0 unspecified atom stereocenters. The van der Waals surface area contributed by atoms with Crippen molar-refractivity contribution in [2.24, 2.45) is 5.92 Å². The minimum Gasteiger partial charge on any atom is -0.318 e. The van der Waals surface area contributed by atoms with Gasteiger partial charge in [-0.2, -0.15) is 5.10 Å². The fourth-order valence-corrected chi connectivity index (χ4v) is 3.84. The second-order valence-electron chi connectivity index (χ2n) is 5.46. The van der Waals surface area contributed by atoms with Gasteiger partial charge >= 0.3 is 0 Å². The zero-order valence-electron chi connectivity index (χ0n) is 12.4. The van der Waals surface area contributed by atoms with Gasteiger partial charge < -0.3 is 5.32 Å². The monoisotopic (exact) mass is 300 g/mol. The van der Waals surface area contributed by atoms with Crippen LogP contribution in [-0.2, 0) is 16.6 Å². The maximum absolute atomic E-state index is 12.4. The summed E-state index contributed by atoms with van der Waals surface area (Å²) in [6.45, 7) is 5.51. The summed E-state index contributed by atoms with van der Waals surface area (Å²) >= 11 is 0. The molecule has 1 aliphatic rings. The second-order valence-corrected chi connectivity index (χ2v) is 7.16. The van der Waals surface area contributed by atoms with Crippen molar-refractivity contribution in [2.75, 3.05) is 20.1 Å². The number of hydrogen-bond donors (Lipinski definition) is 2. The van der Waals surface area contributed by atoms with E-state index in [0.717, 1.165) is 18.9 Å². The SMILES string of the molecule is CNCCn1nc(C)c(S(=O)(=O)NCCC2CC2)c1C. The number of sulfonamides is 1. The van der Waals surface area contributed by atoms with Crippen molar-refractivity contribution in [3.05, 3.63) is 11.4 Å². The molecule has 0 atom stereocenters. The molecule has 0 aromatic carbocycles. The lowest BCUT2D eigenvalue weighted by molar-refractivity contribution is 0.562. The Kier molecular flexibility index (Phi) is 4.82. The number of hydrogen-bond acceptors (Lipinski definition) is 4. The molecule has 1 heterocycles. The van der Waals surface area contributed by atoms with Crippen molar-refractivity contribution < 1.29 is 8.42 Å². The Morgan fingerprint density at radius 1 is 1.30 bits per heavy atom. The van der Waals surface area contributed by atoms with Crippen molar-refractivity contribution in [1.29, 1.82) is 0 Å². The van der Waals surface area contributed by atoms with Gasteiger partial charge in [-0.3, -0.25) is 4.68 Å². The van der Waals surface area contributed by atoms with Crippen molar-refractivity contribution in [1.82, 2.24) is 19.8 Å². The van der Waals surface area contributed by atoms with Gasteiger partial charge in [-0.05, 0) is 33.2 Å². The van der Waals surface area contributed by atoms with Gasteiger partial charge in [0.25, 0.3) is 0 Å². The molecule has 7 heteroatoms. The number of rotatable bonds is 8. The molecular weight excluding hydrogens is 276 g/mol. The van der Waals surface area contributed by atoms with Crippen LogP contribution in [-0.4, -0.2) is 38.3 Å². The summed E-state index contributed by atoms with van der Waals surface area (Å²) in [5, 5.41) is 7.37. The highest BCUT2D eigenvalue weighted by Gasteiger charge is 2.26. The Labute approximate surface area is 121 Å². The molecule has 1 fully saturated rings. The predicted octanol–water partition coefficient (Wildman–Crippen LogP) is 0.798. The first-order valence-corrected chi connectivity index (χ1v) is 8.62. The molecule has 1 aromatic heterocycles. The standard InChI is InChI=1S/C13H24N4O2S/c1-10-13(11(2)17(16-10)9-8-14-3)20(18,19)15-7-6-12-4-5-12/h12,14-15H,4-9H2,1-3H3. The van der Waals surface area contributed by atoms with Crippen LogP contribution >= 0.6 is 0 Å². The van der Waals surface area contributed by atoms with Gasteiger partial charge in [0.1, 0.15) is 4.90 Å². The lowest BCUT2D eigenvalue weighted by Gasteiger charge is -2.07. The summed E-state index contributed by atoms with van der Waals surface area (Å²) in [5.74, 6) is 0.721. The second kappa shape index (κ2) is 6.24. The highest BCUT2D eigenvalue weighted by molar-refractivity contribution is 7.89. The van der Waals surface area contributed by atoms with E-state index in [-0.39, 0.29) is 0 Å². The van der Waals surface area contributed by atoms with E-state index in [9.17, 15) is 8.42 Å². The van der Waals surface area contributed by atoms with Gasteiger partial charge in [-0.25, -0.2) is 13.1 Å². The van der Waals surface area contributed by atoms with E-state index in [1.807, 2.05) is 14.0 Å². The highest BCUT2D eigenvalue weighted by Crippen LogP contribution is 2.32. The predicted molar refractivity (Wildman–Crippen MR) is 78.2 cm³/mol. The molecule has 0 radical (unpaired) electrons. The Bertz CT molecular complexity index is 561. The summed E-state index contributed by atoms with van der Waals surface area (Å²) in [6.07, 6.45) is 3.41. The van der Waals surface area contributed by atoms with E-state index < -0.39 is 10.0 Å². The van der Waals surface area contributed by atoms with Crippen LogP contribution in [0.25, 0.3) is 0 Å². The summed E-state index contributed by atoms with van der Waals surface area (Å²) in [5.41, 5.74) is 1.27. The summed E-state index contributed by atoms with van der Waals surface area (Å²) in [4.78, 5) is 0.337. The molecule has 0 spiro atoms.